The van der Waals surface area contributed by atoms with Crippen molar-refractivity contribution in [2.45, 2.75) is 24.9 Å². The molecular formula is C11H19N3O17P4. The summed E-state index contributed by atoms with van der Waals surface area (Å²) in [7, 11) is -16.8. The van der Waals surface area contributed by atoms with Gasteiger partial charge in [0.1, 0.15) is 18.4 Å². The van der Waals surface area contributed by atoms with Crippen molar-refractivity contribution in [2.75, 3.05) is 6.61 Å². The van der Waals surface area contributed by atoms with Crippen molar-refractivity contribution in [2.24, 2.45) is 5.73 Å². The zero-order valence-corrected chi connectivity index (χ0v) is 20.4. The molecule has 1 aliphatic rings. The van der Waals surface area contributed by atoms with Crippen LogP contribution in [-0.4, -0.2) is 57.7 Å². The van der Waals surface area contributed by atoms with Crippen molar-refractivity contribution in [3.63, 3.8) is 0 Å². The Labute approximate surface area is 196 Å². The van der Waals surface area contributed by atoms with Gasteiger partial charge in [0.15, 0.2) is 0 Å². The summed E-state index contributed by atoms with van der Waals surface area (Å²) in [6.45, 7) is -0.956. The summed E-state index contributed by atoms with van der Waals surface area (Å²) in [6.07, 6.45) is -1.54. The van der Waals surface area contributed by atoms with Crippen LogP contribution in [0.4, 0.5) is 0 Å². The van der Waals surface area contributed by atoms with E-state index in [-0.39, 0.29) is 5.56 Å². The number of nitrogens with two attached hydrogens (primary N) is 1. The number of nitrogens with one attached hydrogen (secondary N) is 1. The molecule has 3 atom stereocenters. The summed E-state index contributed by atoms with van der Waals surface area (Å²) in [5.41, 5.74) is 3.42. The molecule has 1 aromatic heterocycles. The van der Waals surface area contributed by atoms with E-state index in [0.29, 0.717) is 0 Å². The summed E-state index contributed by atoms with van der Waals surface area (Å²) in [5.74, 6) is 0. The molecule has 2 rings (SSSR count). The number of hydrogen-bond donors (Lipinski definition) is 8. The molecule has 9 N–H and O–H groups in total. The van der Waals surface area contributed by atoms with Gasteiger partial charge < -0.3 is 39.8 Å². The van der Waals surface area contributed by atoms with E-state index < -0.39 is 75.6 Å². The van der Waals surface area contributed by atoms with Crippen LogP contribution in [0, 0.1) is 0 Å². The van der Waals surface area contributed by atoms with Crippen LogP contribution in [-0.2, 0) is 41.6 Å². The second-order valence-corrected chi connectivity index (χ2v) is 10.1. The fourth-order valence-corrected chi connectivity index (χ4v) is 4.75. The molecule has 1 aliphatic heterocycles. The van der Waals surface area contributed by atoms with E-state index in [1.54, 1.807) is 0 Å². The smallest absolute Gasteiger partial charge is 0.405 e. The van der Waals surface area contributed by atoms with Gasteiger partial charge in [0, 0.05) is 12.6 Å². The number of aromatic amines is 1. The molecule has 0 spiro atoms. The van der Waals surface area contributed by atoms with Crippen LogP contribution in [0.1, 0.15) is 18.2 Å². The Hall–Kier alpha value is -0.980. The zero-order valence-electron chi connectivity index (χ0n) is 16.9. The van der Waals surface area contributed by atoms with Crippen LogP contribution >= 0.6 is 32.9 Å². The van der Waals surface area contributed by atoms with E-state index in [0.717, 1.165) is 23.0 Å². The van der Waals surface area contributed by atoms with Crippen molar-refractivity contribution < 1.29 is 71.0 Å². The Balaban J connectivity index is 2.27. The molecule has 0 unspecified atom stereocenters. The minimum atomic E-state index is -5.14. The van der Waals surface area contributed by atoms with Gasteiger partial charge in [-0.05, 0) is 12.3 Å². The fourth-order valence-electron chi connectivity index (χ4n) is 2.61. The lowest BCUT2D eigenvalue weighted by atomic mass is 10.2. The Morgan fingerprint density at radius 1 is 1.17 bits per heavy atom. The van der Waals surface area contributed by atoms with Crippen LogP contribution in [0.2, 0.25) is 0 Å². The van der Waals surface area contributed by atoms with Gasteiger partial charge in [0.25, 0.3) is 5.56 Å². The topological polar surface area (TPSA) is 301 Å². The van der Waals surface area contributed by atoms with Crippen LogP contribution in [0.5, 0.6) is 0 Å². The van der Waals surface area contributed by atoms with Crippen LogP contribution in [0.15, 0.2) is 22.0 Å². The molecule has 2 heterocycles. The van der Waals surface area contributed by atoms with Crippen molar-refractivity contribution >= 4 is 38.9 Å². The van der Waals surface area contributed by atoms with E-state index in [4.69, 9.17) is 34.6 Å². The van der Waals surface area contributed by atoms with Gasteiger partial charge in [-0.25, -0.2) is 13.9 Å². The number of nitrogens with zero attached hydrogens (tertiary/aromatic N) is 1. The highest BCUT2D eigenvalue weighted by Crippen LogP contribution is 2.55. The maximum atomic E-state index is 12.4. The van der Waals surface area contributed by atoms with Crippen LogP contribution in [0.25, 0.3) is 6.08 Å². The molecule has 0 amide bonds. The van der Waals surface area contributed by atoms with Gasteiger partial charge >= 0.3 is 38.5 Å². The van der Waals surface area contributed by atoms with E-state index in [9.17, 15) is 28.5 Å². The molecule has 20 nitrogen and oxygen atoms in total. The number of hydrogen-bond acceptors (Lipinski definition) is 16. The minimum Gasteiger partial charge on any atom is -0.405 e. The fraction of sp³-hybridized carbons (Fsp3) is 0.455. The number of ether oxygens (including phenoxy) is 1. The number of H-pyrrole nitrogens is 1. The number of rotatable bonds is 13. The molecular weight excluding hydrogens is 570 g/mol. The third kappa shape index (κ3) is 9.77. The highest BCUT2D eigenvalue weighted by atomic mass is 31.2. The normalized spacial score (nSPS) is 21.5. The van der Waals surface area contributed by atoms with Gasteiger partial charge in [0.2, 0.25) is 0 Å². The van der Waals surface area contributed by atoms with Gasteiger partial charge in [-0.1, -0.05) is 0 Å². The minimum absolute atomic E-state index is 0.0718. The first kappa shape index (κ1) is 30.2. The quantitative estimate of drug-likeness (QED) is 0.0751. The van der Waals surface area contributed by atoms with Crippen molar-refractivity contribution in [3.05, 3.63) is 38.8 Å². The van der Waals surface area contributed by atoms with Gasteiger partial charge in [0.05, 0.1) is 12.2 Å². The van der Waals surface area contributed by atoms with Crippen molar-refractivity contribution in [1.29, 1.82) is 0 Å². The SMILES string of the molecule is N/C=C\c1cn([C@H]2C[C@@H](OP(=O)(O)O)[C@@H](COP(=O)(OOP(O)O)OOP(O)O)O2)c(=O)[nH]c1=O. The number of phosphoric ester groups is 1. The van der Waals surface area contributed by atoms with Gasteiger partial charge in [-0.2, -0.15) is 0 Å². The first-order valence-electron chi connectivity index (χ1n) is 8.69. The predicted molar refractivity (Wildman–Crippen MR) is 111 cm³/mol. The molecule has 1 fully saturated rings. The monoisotopic (exact) mass is 589 g/mol. The molecule has 0 saturated carbocycles. The van der Waals surface area contributed by atoms with Crippen molar-refractivity contribution in [3.8, 4) is 0 Å². The second-order valence-electron chi connectivity index (χ2n) is 6.16. The molecule has 0 bridgehead atoms. The molecule has 24 heteroatoms. The lowest BCUT2D eigenvalue weighted by molar-refractivity contribution is -0.202. The summed E-state index contributed by atoms with van der Waals surface area (Å²) >= 11 is 0. The molecule has 0 aliphatic carbocycles. The molecule has 0 aromatic carbocycles. The largest absolute Gasteiger partial charge is 0.530 e. The number of aromatic nitrogens is 2. The summed E-state index contributed by atoms with van der Waals surface area (Å²) in [5, 5.41) is 0. The standard InChI is InChI=1S/C11H19N3O17P4/c12-2-1-6-4-14(11(16)13-10(6)15)9-3-7(27-34(21,22)23)8(26-9)5-25-35(24,30-28-32(17)18)31-29-33(19)20/h1-2,4,7-9,17-20H,3,5,12H2,(H,13,15,16)(H2,21,22,23)/b2-1-/t7-,8-,9-/m1/s1. The molecule has 200 valence electrons. The molecule has 0 radical (unpaired) electrons. The maximum absolute atomic E-state index is 12.4. The Morgan fingerprint density at radius 3 is 2.29 bits per heavy atom. The average molecular weight is 589 g/mol. The Morgan fingerprint density at radius 2 is 1.77 bits per heavy atom. The molecule has 35 heavy (non-hydrogen) atoms. The molecule has 1 saturated heterocycles. The van der Waals surface area contributed by atoms with Crippen LogP contribution < -0.4 is 17.0 Å². The highest BCUT2D eigenvalue weighted by Gasteiger charge is 2.44. The summed E-state index contributed by atoms with van der Waals surface area (Å²) in [6, 6.07) is 0. The molecule has 1 aromatic rings. The number of phosphoric acid groups is 2. The third-order valence-electron chi connectivity index (χ3n) is 3.81. The lowest BCUT2D eigenvalue weighted by Gasteiger charge is -2.21. The summed E-state index contributed by atoms with van der Waals surface area (Å²) < 4.78 is 55.3. The first-order chi connectivity index (χ1) is 16.2. The highest BCUT2D eigenvalue weighted by molar-refractivity contribution is 7.49. The Bertz CT molecular complexity index is 1070. The van der Waals surface area contributed by atoms with E-state index in [1.165, 1.54) is 0 Å². The summed E-state index contributed by atoms with van der Waals surface area (Å²) in [4.78, 5) is 79.3. The first-order valence-corrected chi connectivity index (χ1v) is 14.0. The Kier molecular flexibility index (Phi) is 11.2. The third-order valence-corrected chi connectivity index (χ3v) is 5.99. The van der Waals surface area contributed by atoms with Crippen molar-refractivity contribution in [1.82, 2.24) is 9.55 Å². The maximum Gasteiger partial charge on any atom is 0.530 e. The average Bonchev–Trinajstić information content (AvgIpc) is 3.12. The van der Waals surface area contributed by atoms with E-state index >= 15 is 0 Å². The van der Waals surface area contributed by atoms with Gasteiger partial charge in [-0.15, -0.1) is 18.7 Å². The van der Waals surface area contributed by atoms with E-state index in [2.05, 4.69) is 23.2 Å². The zero-order chi connectivity index (χ0) is 26.4. The second kappa shape index (κ2) is 13.0. The van der Waals surface area contributed by atoms with E-state index in [1.807, 2.05) is 4.98 Å². The van der Waals surface area contributed by atoms with Gasteiger partial charge in [-0.3, -0.25) is 23.4 Å². The predicted octanol–water partition coefficient (Wildman–Crippen LogP) is -1.32. The lowest BCUT2D eigenvalue weighted by Crippen LogP contribution is -2.33. The van der Waals surface area contributed by atoms with Crippen LogP contribution in [0.3, 0.4) is 0 Å².